The summed E-state index contributed by atoms with van der Waals surface area (Å²) in [4.78, 5) is 24.1. The summed E-state index contributed by atoms with van der Waals surface area (Å²) in [6.07, 6.45) is 2.19. The monoisotopic (exact) mass is 429 g/mol. The van der Waals surface area contributed by atoms with Gasteiger partial charge in [-0.05, 0) is 31.5 Å². The molecule has 0 unspecified atom stereocenters. The smallest absolute Gasteiger partial charge is 0.341 e. The maximum atomic E-state index is 12.5. The average Bonchev–Trinajstić information content (AvgIpc) is 3.05. The molecule has 0 radical (unpaired) electrons. The molecule has 4 rings (SSSR count). The van der Waals surface area contributed by atoms with Crippen LogP contribution in [0.4, 0.5) is 0 Å². The molecule has 8 nitrogen and oxygen atoms in total. The first-order valence-electron chi connectivity index (χ1n) is 10.3. The minimum Gasteiger partial charge on any atom is -0.493 e. The Labute approximate surface area is 180 Å². The van der Waals surface area contributed by atoms with Crippen LogP contribution in [0, 0.1) is 0 Å². The van der Waals surface area contributed by atoms with Crippen molar-refractivity contribution in [3.8, 4) is 22.8 Å². The Morgan fingerprint density at radius 2 is 2.00 bits per heavy atom. The van der Waals surface area contributed by atoms with Gasteiger partial charge >= 0.3 is 5.97 Å². The zero-order chi connectivity index (χ0) is 22.3. The van der Waals surface area contributed by atoms with Crippen LogP contribution < -0.4 is 14.9 Å². The molecule has 3 heterocycles. The van der Waals surface area contributed by atoms with E-state index in [0.29, 0.717) is 37.0 Å². The number of nitrogens with zero attached hydrogens (tertiary/aromatic N) is 1. The molecular weight excluding hydrogens is 402 g/mol. The molecule has 0 spiro atoms. The molecule has 0 saturated carbocycles. The number of aromatic nitrogens is 1. The van der Waals surface area contributed by atoms with Crippen molar-refractivity contribution in [2.45, 2.75) is 37.8 Å². The van der Waals surface area contributed by atoms with Gasteiger partial charge in [0.05, 0.1) is 37.7 Å². The van der Waals surface area contributed by atoms with Gasteiger partial charge in [0.1, 0.15) is 5.56 Å². The number of carbonyl (C=O) groups is 1. The third-order valence-corrected chi connectivity index (χ3v) is 6.10. The van der Waals surface area contributed by atoms with Crippen LogP contribution in [0.3, 0.4) is 0 Å². The van der Waals surface area contributed by atoms with Gasteiger partial charge < -0.3 is 28.6 Å². The van der Waals surface area contributed by atoms with Gasteiger partial charge in [-0.25, -0.2) is 4.79 Å². The predicted molar refractivity (Wildman–Crippen MR) is 113 cm³/mol. The molecule has 0 aliphatic carbocycles. The van der Waals surface area contributed by atoms with Gasteiger partial charge in [0, 0.05) is 43.9 Å². The fourth-order valence-corrected chi connectivity index (χ4v) is 4.67. The number of carboxylic acids is 1. The number of benzene rings is 1. The number of pyridine rings is 1. The molecule has 2 atom stereocenters. The highest BCUT2D eigenvalue weighted by atomic mass is 16.5. The summed E-state index contributed by atoms with van der Waals surface area (Å²) < 4.78 is 24.6. The number of hydrogen-bond donors (Lipinski definition) is 1. The van der Waals surface area contributed by atoms with Crippen molar-refractivity contribution in [2.24, 2.45) is 0 Å². The Hall–Kier alpha value is -2.84. The number of methoxy groups -OCH3 is 2. The fraction of sp³-hybridized carbons (Fsp3) is 0.478. The maximum Gasteiger partial charge on any atom is 0.341 e. The molecule has 1 aromatic heterocycles. The van der Waals surface area contributed by atoms with Crippen LogP contribution in [0.5, 0.6) is 11.5 Å². The standard InChI is InChI=1S/C23H27NO7/c1-23(2)21-16(12-31-23)13-8-20(30-7-5-6-28-3)19(29-4)9-14(13)17-10-18(25)15(22(26)27)11-24(17)21/h8-11,16,21H,5-7,12H2,1-4H3,(H,26,27)/t16-,21+/m1/s1. The van der Waals surface area contributed by atoms with Gasteiger partial charge in [-0.1, -0.05) is 0 Å². The lowest BCUT2D eigenvalue weighted by atomic mass is 9.79. The summed E-state index contributed by atoms with van der Waals surface area (Å²) in [5.74, 6) is -0.0847. The lowest BCUT2D eigenvalue weighted by molar-refractivity contribution is 0.0145. The first-order valence-corrected chi connectivity index (χ1v) is 10.3. The summed E-state index contributed by atoms with van der Waals surface area (Å²) in [7, 11) is 3.22. The fourth-order valence-electron chi connectivity index (χ4n) is 4.67. The van der Waals surface area contributed by atoms with Crippen molar-refractivity contribution in [3.05, 3.63) is 45.7 Å². The summed E-state index contributed by atoms with van der Waals surface area (Å²) in [5, 5.41) is 9.48. The molecule has 1 N–H and O–H groups in total. The highest BCUT2D eigenvalue weighted by Crippen LogP contribution is 2.54. The molecule has 0 bridgehead atoms. The molecule has 2 aliphatic rings. The predicted octanol–water partition coefficient (Wildman–Crippen LogP) is 3.08. The number of fused-ring (bicyclic) bond motifs is 6. The van der Waals surface area contributed by atoms with Crippen molar-refractivity contribution in [2.75, 3.05) is 34.0 Å². The van der Waals surface area contributed by atoms with Crippen molar-refractivity contribution in [3.63, 3.8) is 0 Å². The van der Waals surface area contributed by atoms with E-state index >= 15 is 0 Å². The van der Waals surface area contributed by atoms with E-state index in [1.54, 1.807) is 14.2 Å². The van der Waals surface area contributed by atoms with Crippen molar-refractivity contribution in [1.29, 1.82) is 0 Å². The number of hydrogen-bond acceptors (Lipinski definition) is 6. The van der Waals surface area contributed by atoms with Gasteiger partial charge in [0.15, 0.2) is 16.9 Å². The highest BCUT2D eigenvalue weighted by molar-refractivity contribution is 5.88. The van der Waals surface area contributed by atoms with Crippen LogP contribution in [0.2, 0.25) is 0 Å². The largest absolute Gasteiger partial charge is 0.493 e. The topological polar surface area (TPSA) is 96.2 Å². The van der Waals surface area contributed by atoms with Crippen LogP contribution in [0.1, 0.15) is 48.1 Å². The van der Waals surface area contributed by atoms with E-state index in [-0.39, 0.29) is 17.5 Å². The molecule has 166 valence electrons. The molecule has 1 aromatic carbocycles. The Bertz CT molecular complexity index is 1070. The van der Waals surface area contributed by atoms with E-state index in [1.807, 2.05) is 30.5 Å². The van der Waals surface area contributed by atoms with E-state index < -0.39 is 17.0 Å². The van der Waals surface area contributed by atoms with E-state index in [4.69, 9.17) is 18.9 Å². The first kappa shape index (κ1) is 21.4. The van der Waals surface area contributed by atoms with Gasteiger partial charge in [0.2, 0.25) is 0 Å². The Morgan fingerprint density at radius 3 is 2.68 bits per heavy atom. The van der Waals surface area contributed by atoms with E-state index in [9.17, 15) is 14.7 Å². The Balaban J connectivity index is 1.88. The summed E-state index contributed by atoms with van der Waals surface area (Å²) in [6, 6.07) is 5.05. The van der Waals surface area contributed by atoms with Crippen molar-refractivity contribution >= 4 is 5.97 Å². The van der Waals surface area contributed by atoms with E-state index in [1.165, 1.54) is 12.3 Å². The number of aromatic carboxylic acids is 1. The lowest BCUT2D eigenvalue weighted by Crippen LogP contribution is -2.36. The number of carboxylic acid groups (broad SMARTS) is 1. The molecule has 31 heavy (non-hydrogen) atoms. The third kappa shape index (κ3) is 3.59. The van der Waals surface area contributed by atoms with Crippen LogP contribution in [0.15, 0.2) is 29.2 Å². The summed E-state index contributed by atoms with van der Waals surface area (Å²) in [6.45, 7) is 5.53. The summed E-state index contributed by atoms with van der Waals surface area (Å²) in [5.41, 5.74) is 1.14. The van der Waals surface area contributed by atoms with Crippen molar-refractivity contribution in [1.82, 2.24) is 4.57 Å². The van der Waals surface area contributed by atoms with Gasteiger partial charge in [-0.3, -0.25) is 4.79 Å². The molecule has 2 aliphatic heterocycles. The molecule has 1 fully saturated rings. The summed E-state index contributed by atoms with van der Waals surface area (Å²) >= 11 is 0. The molecule has 0 amide bonds. The lowest BCUT2D eigenvalue weighted by Gasteiger charge is -2.38. The van der Waals surface area contributed by atoms with Crippen LogP contribution in [-0.4, -0.2) is 55.3 Å². The second-order valence-electron chi connectivity index (χ2n) is 8.40. The van der Waals surface area contributed by atoms with E-state index in [0.717, 1.165) is 17.5 Å². The maximum absolute atomic E-state index is 12.5. The highest BCUT2D eigenvalue weighted by Gasteiger charge is 2.49. The first-order chi connectivity index (χ1) is 14.8. The molecule has 8 heteroatoms. The van der Waals surface area contributed by atoms with Crippen molar-refractivity contribution < 1.29 is 28.8 Å². The Kier molecular flexibility index (Phi) is 5.53. The van der Waals surface area contributed by atoms with Crippen LogP contribution in [-0.2, 0) is 9.47 Å². The minimum atomic E-state index is -1.24. The van der Waals surface area contributed by atoms with Gasteiger partial charge in [-0.2, -0.15) is 0 Å². The third-order valence-electron chi connectivity index (χ3n) is 6.10. The average molecular weight is 429 g/mol. The number of ether oxygens (including phenoxy) is 4. The second kappa shape index (κ2) is 8.01. The minimum absolute atomic E-state index is 0.0196. The molecule has 1 saturated heterocycles. The Morgan fingerprint density at radius 1 is 1.23 bits per heavy atom. The second-order valence-corrected chi connectivity index (χ2v) is 8.40. The van der Waals surface area contributed by atoms with Gasteiger partial charge in [0.25, 0.3) is 0 Å². The molecule has 2 aromatic rings. The van der Waals surface area contributed by atoms with Crippen LogP contribution in [0.25, 0.3) is 11.3 Å². The zero-order valence-electron chi connectivity index (χ0n) is 18.1. The normalized spacial score (nSPS) is 20.5. The van der Waals surface area contributed by atoms with Crippen LogP contribution >= 0.6 is 0 Å². The quantitative estimate of drug-likeness (QED) is 0.676. The van der Waals surface area contributed by atoms with E-state index in [2.05, 4.69) is 0 Å². The zero-order valence-corrected chi connectivity index (χ0v) is 18.1. The molecular formula is C23H27NO7. The van der Waals surface area contributed by atoms with Gasteiger partial charge in [-0.15, -0.1) is 0 Å². The SMILES string of the molecule is COCCCOc1cc2c(cc1OC)-c1cc(=O)c(C(=O)O)cn1[C@H]1[C@@H]2COC1(C)C. The number of rotatable bonds is 7.